The molecule has 1 aliphatic heterocycles. The Bertz CT molecular complexity index is 263. The number of carbonyl (C=O) groups is 1. The fourth-order valence-electron chi connectivity index (χ4n) is 1.59. The Morgan fingerprint density at radius 3 is 2.80 bits per heavy atom. The summed E-state index contributed by atoms with van der Waals surface area (Å²) < 4.78 is 13.4. The minimum atomic E-state index is -1.22. The van der Waals surface area contributed by atoms with Crippen LogP contribution in [-0.4, -0.2) is 36.2 Å². The molecule has 0 aliphatic carbocycles. The van der Waals surface area contributed by atoms with Crippen LogP contribution in [0.5, 0.6) is 0 Å². The van der Waals surface area contributed by atoms with Crippen molar-refractivity contribution in [1.82, 2.24) is 10.2 Å². The molecule has 0 saturated carbocycles. The van der Waals surface area contributed by atoms with E-state index >= 15 is 0 Å². The molecule has 0 radical (unpaired) electrons. The second-order valence-electron chi connectivity index (χ2n) is 4.52. The normalized spacial score (nSPS) is 25.4. The smallest absolute Gasteiger partial charge is 0.317 e. The van der Waals surface area contributed by atoms with Gasteiger partial charge in [0.25, 0.3) is 0 Å². The molecule has 0 aromatic rings. The van der Waals surface area contributed by atoms with E-state index in [-0.39, 0.29) is 12.6 Å². The van der Waals surface area contributed by atoms with Crippen molar-refractivity contribution in [2.45, 2.75) is 32.4 Å². The zero-order valence-electron chi connectivity index (χ0n) is 9.48. The average Bonchev–Trinajstić information content (AvgIpc) is 2.45. The van der Waals surface area contributed by atoms with Gasteiger partial charge >= 0.3 is 6.03 Å². The number of alkyl halides is 1. The molecule has 1 rings (SSSR count). The number of nitrogens with one attached hydrogen (secondary N) is 1. The van der Waals surface area contributed by atoms with Crippen molar-refractivity contribution >= 4 is 6.03 Å². The van der Waals surface area contributed by atoms with Gasteiger partial charge in [-0.15, -0.1) is 6.58 Å². The molecule has 4 heteroatoms. The summed E-state index contributed by atoms with van der Waals surface area (Å²) in [6, 6.07) is -0.169. The Hall–Kier alpha value is -1.06. The highest BCUT2D eigenvalue weighted by molar-refractivity contribution is 5.74. The Morgan fingerprint density at radius 1 is 1.67 bits per heavy atom. The Labute approximate surface area is 90.3 Å². The van der Waals surface area contributed by atoms with Gasteiger partial charge in [0.15, 0.2) is 0 Å². The lowest BCUT2D eigenvalue weighted by atomic mass is 10.1. The van der Waals surface area contributed by atoms with Crippen LogP contribution < -0.4 is 5.32 Å². The van der Waals surface area contributed by atoms with Crippen molar-refractivity contribution in [2.24, 2.45) is 0 Å². The van der Waals surface area contributed by atoms with E-state index in [0.717, 1.165) is 12.0 Å². The maximum Gasteiger partial charge on any atom is 0.317 e. The molecule has 0 bridgehead atoms. The number of amides is 2. The molecule has 1 heterocycles. The summed E-state index contributed by atoms with van der Waals surface area (Å²) in [6.45, 7) is 8.48. The Balaban J connectivity index is 2.27. The molecule has 15 heavy (non-hydrogen) atoms. The number of hydrogen-bond acceptors (Lipinski definition) is 1. The first-order valence-electron chi connectivity index (χ1n) is 5.27. The minimum absolute atomic E-state index is 0.169. The lowest BCUT2D eigenvalue weighted by Gasteiger charge is -2.18. The molecule has 1 fully saturated rings. The highest BCUT2D eigenvalue weighted by Gasteiger charge is 2.35. The zero-order chi connectivity index (χ0) is 11.5. The third-order valence-corrected chi connectivity index (χ3v) is 2.54. The van der Waals surface area contributed by atoms with Gasteiger partial charge in [-0.3, -0.25) is 0 Å². The number of carbonyl (C=O) groups excluding carboxylic acids is 1. The first-order chi connectivity index (χ1) is 6.91. The second-order valence-corrected chi connectivity index (χ2v) is 4.52. The van der Waals surface area contributed by atoms with Gasteiger partial charge in [0, 0.05) is 19.5 Å². The molecular weight excluding hydrogens is 195 g/mol. The molecule has 1 unspecified atom stereocenters. The molecule has 86 valence electrons. The predicted octanol–water partition coefficient (Wildman–Crippen LogP) is 2.10. The number of hydrogen-bond donors (Lipinski definition) is 1. The fraction of sp³-hybridized carbons (Fsp3) is 0.727. The standard InChI is InChI=1S/C11H19FN2O/c1-9(2)4-6-13-10(15)14-7-5-11(3,12)8-14/h1,4-8H2,2-3H3,(H,13,15). The minimum Gasteiger partial charge on any atom is -0.338 e. The van der Waals surface area contributed by atoms with E-state index < -0.39 is 5.67 Å². The van der Waals surface area contributed by atoms with Crippen LogP contribution in [0.1, 0.15) is 26.7 Å². The van der Waals surface area contributed by atoms with E-state index in [0.29, 0.717) is 19.5 Å². The van der Waals surface area contributed by atoms with Crippen molar-refractivity contribution in [1.29, 1.82) is 0 Å². The summed E-state index contributed by atoms with van der Waals surface area (Å²) in [5, 5.41) is 2.75. The molecule has 1 saturated heterocycles. The molecule has 0 aromatic heterocycles. The summed E-state index contributed by atoms with van der Waals surface area (Å²) in [5.41, 5.74) is -0.182. The van der Waals surface area contributed by atoms with Crippen molar-refractivity contribution in [3.63, 3.8) is 0 Å². The number of nitrogens with zero attached hydrogens (tertiary/aromatic N) is 1. The summed E-state index contributed by atoms with van der Waals surface area (Å²) in [5.74, 6) is 0. The molecule has 1 N–H and O–H groups in total. The third-order valence-electron chi connectivity index (χ3n) is 2.54. The van der Waals surface area contributed by atoms with Crippen LogP contribution in [0.3, 0.4) is 0 Å². The van der Waals surface area contributed by atoms with Gasteiger partial charge in [-0.2, -0.15) is 0 Å². The van der Waals surface area contributed by atoms with Crippen LogP contribution in [0, 0.1) is 0 Å². The van der Waals surface area contributed by atoms with Gasteiger partial charge in [-0.25, -0.2) is 9.18 Å². The first kappa shape index (κ1) is 12.0. The van der Waals surface area contributed by atoms with Gasteiger partial charge in [0.2, 0.25) is 0 Å². The first-order valence-corrected chi connectivity index (χ1v) is 5.27. The van der Waals surface area contributed by atoms with E-state index in [1.165, 1.54) is 11.8 Å². The van der Waals surface area contributed by atoms with Gasteiger partial charge in [-0.05, 0) is 20.3 Å². The Morgan fingerprint density at radius 2 is 2.33 bits per heavy atom. The molecule has 0 spiro atoms. The maximum atomic E-state index is 13.4. The summed E-state index contributed by atoms with van der Waals surface area (Å²) in [7, 11) is 0. The molecule has 3 nitrogen and oxygen atoms in total. The van der Waals surface area contributed by atoms with E-state index in [1.54, 1.807) is 0 Å². The van der Waals surface area contributed by atoms with Crippen molar-refractivity contribution in [2.75, 3.05) is 19.6 Å². The number of rotatable bonds is 3. The quantitative estimate of drug-likeness (QED) is 0.717. The lowest BCUT2D eigenvalue weighted by Crippen LogP contribution is -2.40. The summed E-state index contributed by atoms with van der Waals surface area (Å²) in [4.78, 5) is 13.1. The van der Waals surface area contributed by atoms with E-state index in [4.69, 9.17) is 0 Å². The van der Waals surface area contributed by atoms with E-state index in [1.807, 2.05) is 6.92 Å². The highest BCUT2D eigenvalue weighted by Crippen LogP contribution is 2.24. The van der Waals surface area contributed by atoms with Crippen LogP contribution in [0.15, 0.2) is 12.2 Å². The highest BCUT2D eigenvalue weighted by atomic mass is 19.1. The largest absolute Gasteiger partial charge is 0.338 e. The van der Waals surface area contributed by atoms with E-state index in [9.17, 15) is 9.18 Å². The van der Waals surface area contributed by atoms with Crippen LogP contribution in [-0.2, 0) is 0 Å². The molecule has 2 amide bonds. The number of likely N-dealkylation sites (tertiary alicyclic amines) is 1. The van der Waals surface area contributed by atoms with Gasteiger partial charge in [-0.1, -0.05) is 5.57 Å². The SMILES string of the molecule is C=C(C)CCNC(=O)N1CCC(C)(F)C1. The molecular formula is C11H19FN2O. The molecule has 1 atom stereocenters. The van der Waals surface area contributed by atoms with Crippen molar-refractivity contribution < 1.29 is 9.18 Å². The molecule has 0 aromatic carbocycles. The van der Waals surface area contributed by atoms with Gasteiger partial charge in [0.1, 0.15) is 5.67 Å². The number of halogens is 1. The second kappa shape index (κ2) is 4.64. The van der Waals surface area contributed by atoms with Crippen LogP contribution >= 0.6 is 0 Å². The van der Waals surface area contributed by atoms with Crippen molar-refractivity contribution in [3.8, 4) is 0 Å². The lowest BCUT2D eigenvalue weighted by molar-refractivity contribution is 0.179. The zero-order valence-corrected chi connectivity index (χ0v) is 9.48. The average molecular weight is 214 g/mol. The third kappa shape index (κ3) is 3.90. The van der Waals surface area contributed by atoms with Crippen LogP contribution in [0.25, 0.3) is 0 Å². The van der Waals surface area contributed by atoms with Crippen molar-refractivity contribution in [3.05, 3.63) is 12.2 Å². The van der Waals surface area contributed by atoms with Gasteiger partial charge in [0.05, 0.1) is 6.54 Å². The van der Waals surface area contributed by atoms with Crippen LogP contribution in [0.2, 0.25) is 0 Å². The monoisotopic (exact) mass is 214 g/mol. The number of urea groups is 1. The summed E-state index contributed by atoms with van der Waals surface area (Å²) in [6.07, 6.45) is 1.20. The molecule has 1 aliphatic rings. The predicted molar refractivity (Wildman–Crippen MR) is 58.5 cm³/mol. The summed E-state index contributed by atoms with van der Waals surface area (Å²) >= 11 is 0. The topological polar surface area (TPSA) is 32.3 Å². The van der Waals surface area contributed by atoms with Gasteiger partial charge < -0.3 is 10.2 Å². The van der Waals surface area contributed by atoms with Crippen LogP contribution in [0.4, 0.5) is 9.18 Å². The van der Waals surface area contributed by atoms with E-state index in [2.05, 4.69) is 11.9 Å². The fourth-order valence-corrected chi connectivity index (χ4v) is 1.59. The maximum absolute atomic E-state index is 13.4. The Kier molecular flexibility index (Phi) is 3.72.